The Hall–Kier alpha value is -2.90. The molecule has 0 bridgehead atoms. The van der Waals surface area contributed by atoms with Crippen molar-refractivity contribution >= 4 is 22.7 Å². The second-order valence-corrected chi connectivity index (χ2v) is 5.12. The van der Waals surface area contributed by atoms with E-state index in [9.17, 15) is 22.4 Å². The van der Waals surface area contributed by atoms with Crippen molar-refractivity contribution in [2.75, 3.05) is 5.32 Å². The summed E-state index contributed by atoms with van der Waals surface area (Å²) in [7, 11) is 0. The molecule has 4 nitrogen and oxygen atoms in total. The molecule has 0 spiro atoms. The zero-order chi connectivity index (χ0) is 17.5. The number of hydrogen-bond acceptors (Lipinski definition) is 3. The van der Waals surface area contributed by atoms with E-state index >= 15 is 0 Å². The van der Waals surface area contributed by atoms with Gasteiger partial charge in [-0.1, -0.05) is 6.07 Å². The number of benzene rings is 2. The Morgan fingerprint density at radius 1 is 1.21 bits per heavy atom. The average Bonchev–Trinajstić information content (AvgIpc) is 2.91. The summed E-state index contributed by atoms with van der Waals surface area (Å²) in [6.45, 7) is 1.60. The van der Waals surface area contributed by atoms with Gasteiger partial charge < -0.3 is 9.73 Å². The van der Waals surface area contributed by atoms with Gasteiger partial charge in [-0.3, -0.25) is 4.79 Å². The van der Waals surface area contributed by atoms with Crippen LogP contribution in [-0.2, 0) is 4.79 Å². The molecular formula is C16H10F4N2O2. The Morgan fingerprint density at radius 3 is 2.62 bits per heavy atom. The Bertz CT molecular complexity index is 931. The van der Waals surface area contributed by atoms with Gasteiger partial charge in [0, 0.05) is 11.3 Å². The Labute approximate surface area is 133 Å². The van der Waals surface area contributed by atoms with Gasteiger partial charge in [-0.15, -0.1) is 0 Å². The number of aryl methyl sites for hydroxylation is 1. The van der Waals surface area contributed by atoms with Crippen molar-refractivity contribution in [3.05, 3.63) is 47.8 Å². The summed E-state index contributed by atoms with van der Waals surface area (Å²) in [5.74, 6) is -2.41. The highest BCUT2D eigenvalue weighted by atomic mass is 19.4. The second-order valence-electron chi connectivity index (χ2n) is 5.12. The van der Waals surface area contributed by atoms with Crippen LogP contribution in [0.1, 0.15) is 5.56 Å². The number of amides is 1. The van der Waals surface area contributed by atoms with Crippen molar-refractivity contribution in [3.63, 3.8) is 0 Å². The summed E-state index contributed by atoms with van der Waals surface area (Å²) in [6.07, 6.45) is -4.99. The number of alkyl halides is 3. The van der Waals surface area contributed by atoms with Gasteiger partial charge in [0.1, 0.15) is 11.3 Å². The predicted molar refractivity (Wildman–Crippen MR) is 78.8 cm³/mol. The van der Waals surface area contributed by atoms with Crippen molar-refractivity contribution in [1.82, 2.24) is 4.98 Å². The molecule has 0 aliphatic heterocycles. The molecule has 3 rings (SSSR count). The van der Waals surface area contributed by atoms with Crippen LogP contribution in [0.15, 0.2) is 40.8 Å². The van der Waals surface area contributed by atoms with Crippen LogP contribution in [0.4, 0.5) is 23.2 Å². The van der Waals surface area contributed by atoms with E-state index in [0.29, 0.717) is 16.7 Å². The molecule has 1 aromatic heterocycles. The van der Waals surface area contributed by atoms with E-state index in [1.54, 1.807) is 18.3 Å². The highest BCUT2D eigenvalue weighted by molar-refractivity contribution is 5.97. The fourth-order valence-corrected chi connectivity index (χ4v) is 2.22. The highest BCUT2D eigenvalue weighted by Gasteiger charge is 2.38. The molecule has 1 amide bonds. The fraction of sp³-hybridized carbons (Fsp3) is 0.125. The lowest BCUT2D eigenvalue weighted by Gasteiger charge is -2.08. The summed E-state index contributed by atoms with van der Waals surface area (Å²) in [5.41, 5.74) is 1.43. The van der Waals surface area contributed by atoms with E-state index in [4.69, 9.17) is 4.42 Å². The van der Waals surface area contributed by atoms with Gasteiger partial charge in [0.2, 0.25) is 5.89 Å². The Balaban J connectivity index is 2.01. The summed E-state index contributed by atoms with van der Waals surface area (Å²) in [6, 6.07) is 8.18. The standard InChI is InChI=1S/C16H10F4N2O2/c1-8-5-11(21-15(23)16(18,19)20)7-12-13(8)24-14(22-12)9-3-2-4-10(17)6-9/h2-7H,1H3,(H,21,23). The van der Waals surface area contributed by atoms with E-state index in [0.717, 1.165) is 0 Å². The zero-order valence-electron chi connectivity index (χ0n) is 12.2. The summed E-state index contributed by atoms with van der Waals surface area (Å²) in [4.78, 5) is 15.2. The molecule has 3 aromatic rings. The Morgan fingerprint density at radius 2 is 1.96 bits per heavy atom. The third-order valence-corrected chi connectivity index (χ3v) is 3.26. The first-order valence-corrected chi connectivity index (χ1v) is 6.79. The van der Waals surface area contributed by atoms with Gasteiger partial charge in [-0.25, -0.2) is 9.37 Å². The minimum absolute atomic E-state index is 0.0542. The fourth-order valence-electron chi connectivity index (χ4n) is 2.22. The summed E-state index contributed by atoms with van der Waals surface area (Å²) < 4.78 is 55.8. The lowest BCUT2D eigenvalue weighted by atomic mass is 10.2. The maximum atomic E-state index is 13.3. The number of aromatic nitrogens is 1. The van der Waals surface area contributed by atoms with Crippen LogP contribution in [0.3, 0.4) is 0 Å². The number of hydrogen-bond donors (Lipinski definition) is 1. The molecule has 0 fully saturated rings. The lowest BCUT2D eigenvalue weighted by Crippen LogP contribution is -2.29. The lowest BCUT2D eigenvalue weighted by molar-refractivity contribution is -0.167. The second kappa shape index (κ2) is 5.63. The maximum Gasteiger partial charge on any atom is 0.471 e. The van der Waals surface area contributed by atoms with Crippen LogP contribution in [0.5, 0.6) is 0 Å². The number of anilines is 1. The molecule has 1 heterocycles. The number of oxazole rings is 1. The third-order valence-electron chi connectivity index (χ3n) is 3.26. The van der Waals surface area contributed by atoms with Crippen LogP contribution in [0.25, 0.3) is 22.6 Å². The van der Waals surface area contributed by atoms with Crippen molar-refractivity contribution in [2.24, 2.45) is 0 Å². The molecule has 8 heteroatoms. The number of nitrogens with zero attached hydrogens (tertiary/aromatic N) is 1. The molecule has 0 saturated carbocycles. The molecule has 124 valence electrons. The molecule has 2 aromatic carbocycles. The molecule has 0 radical (unpaired) electrons. The van der Waals surface area contributed by atoms with Gasteiger partial charge >= 0.3 is 12.1 Å². The molecule has 0 saturated heterocycles. The van der Waals surface area contributed by atoms with E-state index in [-0.39, 0.29) is 17.1 Å². The van der Waals surface area contributed by atoms with Crippen molar-refractivity contribution in [2.45, 2.75) is 13.1 Å². The molecule has 0 atom stereocenters. The quantitative estimate of drug-likeness (QED) is 0.703. The smallest absolute Gasteiger partial charge is 0.436 e. The first-order valence-electron chi connectivity index (χ1n) is 6.79. The van der Waals surface area contributed by atoms with Crippen LogP contribution in [0, 0.1) is 12.7 Å². The van der Waals surface area contributed by atoms with Crippen molar-refractivity contribution < 1.29 is 26.8 Å². The number of fused-ring (bicyclic) bond motifs is 1. The van der Waals surface area contributed by atoms with Gasteiger partial charge in [-0.05, 0) is 42.8 Å². The van der Waals surface area contributed by atoms with E-state index in [1.807, 2.05) is 0 Å². The monoisotopic (exact) mass is 338 g/mol. The molecule has 0 unspecified atom stereocenters. The molecule has 0 aliphatic rings. The van der Waals surface area contributed by atoms with Crippen molar-refractivity contribution in [1.29, 1.82) is 0 Å². The molecular weight excluding hydrogens is 328 g/mol. The third kappa shape index (κ3) is 3.08. The van der Waals surface area contributed by atoms with Gasteiger partial charge in [0.05, 0.1) is 0 Å². The summed E-state index contributed by atoms with van der Waals surface area (Å²) in [5, 5.41) is 1.77. The normalized spacial score (nSPS) is 11.7. The van der Waals surface area contributed by atoms with Gasteiger partial charge in [0.15, 0.2) is 5.58 Å². The van der Waals surface area contributed by atoms with Crippen LogP contribution >= 0.6 is 0 Å². The number of halogens is 4. The summed E-state index contributed by atoms with van der Waals surface area (Å²) >= 11 is 0. The minimum atomic E-state index is -4.99. The van der Waals surface area contributed by atoms with Gasteiger partial charge in [0.25, 0.3) is 0 Å². The van der Waals surface area contributed by atoms with Crippen LogP contribution < -0.4 is 5.32 Å². The van der Waals surface area contributed by atoms with E-state index < -0.39 is 17.9 Å². The number of rotatable bonds is 2. The van der Waals surface area contributed by atoms with Gasteiger partial charge in [-0.2, -0.15) is 13.2 Å². The molecule has 1 N–H and O–H groups in total. The molecule has 0 aliphatic carbocycles. The first-order chi connectivity index (χ1) is 11.2. The zero-order valence-corrected chi connectivity index (χ0v) is 12.2. The van der Waals surface area contributed by atoms with Crippen LogP contribution in [-0.4, -0.2) is 17.1 Å². The largest absolute Gasteiger partial charge is 0.471 e. The van der Waals surface area contributed by atoms with Crippen LogP contribution in [0.2, 0.25) is 0 Å². The number of nitrogens with one attached hydrogen (secondary N) is 1. The first kappa shape index (κ1) is 16.0. The average molecular weight is 338 g/mol. The van der Waals surface area contributed by atoms with E-state index in [1.165, 1.54) is 30.3 Å². The topological polar surface area (TPSA) is 55.1 Å². The minimum Gasteiger partial charge on any atom is -0.436 e. The molecule has 24 heavy (non-hydrogen) atoms. The SMILES string of the molecule is Cc1cc(NC(=O)C(F)(F)F)cc2nc(-c3cccc(F)c3)oc12. The predicted octanol–water partition coefficient (Wildman–Crippen LogP) is 4.44. The highest BCUT2D eigenvalue weighted by Crippen LogP contribution is 2.30. The Kier molecular flexibility index (Phi) is 3.75. The number of carbonyl (C=O) groups excluding carboxylic acids is 1. The maximum absolute atomic E-state index is 13.3. The van der Waals surface area contributed by atoms with E-state index in [2.05, 4.69) is 4.98 Å². The van der Waals surface area contributed by atoms with Crippen molar-refractivity contribution in [3.8, 4) is 11.5 Å². The number of carbonyl (C=O) groups is 1.